The summed E-state index contributed by atoms with van der Waals surface area (Å²) in [4.78, 5) is 0. The Kier molecular flexibility index (Phi) is 6.22. The fourth-order valence-corrected chi connectivity index (χ4v) is 3.86. The minimum absolute atomic E-state index is 0. The molecule has 0 atom stereocenters. The van der Waals surface area contributed by atoms with Crippen molar-refractivity contribution in [2.45, 2.75) is 51.9 Å². The molecule has 1 heterocycles. The molecule has 0 fully saturated rings. The average molecular weight is 390 g/mol. The van der Waals surface area contributed by atoms with E-state index >= 15 is 0 Å². The van der Waals surface area contributed by atoms with E-state index in [9.17, 15) is 0 Å². The molecule has 0 bridgehead atoms. The maximum absolute atomic E-state index is 8.90. The Hall–Kier alpha value is -1.19. The number of aliphatic hydroxyl groups is 1. The molecule has 0 spiro atoms. The zero-order valence-corrected chi connectivity index (χ0v) is 16.6. The first-order valence-corrected chi connectivity index (χ1v) is 8.82. The van der Waals surface area contributed by atoms with E-state index in [4.69, 9.17) is 5.11 Å². The second-order valence-corrected chi connectivity index (χ2v) is 7.18. The summed E-state index contributed by atoms with van der Waals surface area (Å²) in [6.07, 6.45) is 4.42. The van der Waals surface area contributed by atoms with Crippen LogP contribution in [0.15, 0.2) is 36.4 Å². The standard InChI is InChI=1S/C21H28NO.BrH/c1-16-21(2,3)20-18-11-7-6-10-17(18)12-13-19(20)22(16)14-8-4-5-9-15-23;/h6-7,10-13,23H,4-5,8-9,14-15H2,1-3H3;1H/q+1;/p-1. The van der Waals surface area contributed by atoms with Gasteiger partial charge in [-0.25, -0.2) is 0 Å². The van der Waals surface area contributed by atoms with E-state index in [2.05, 4.69) is 61.7 Å². The van der Waals surface area contributed by atoms with Crippen LogP contribution in [-0.4, -0.2) is 28.5 Å². The van der Waals surface area contributed by atoms with Gasteiger partial charge in [-0.3, -0.25) is 0 Å². The summed E-state index contributed by atoms with van der Waals surface area (Å²) in [6.45, 7) is 8.37. The van der Waals surface area contributed by atoms with Crippen molar-refractivity contribution < 1.29 is 26.7 Å². The summed E-state index contributed by atoms with van der Waals surface area (Å²) >= 11 is 0. The molecule has 0 unspecified atom stereocenters. The molecule has 0 aliphatic carbocycles. The lowest BCUT2D eigenvalue weighted by Gasteiger charge is -2.17. The average Bonchev–Trinajstić information content (AvgIpc) is 2.75. The Morgan fingerprint density at radius 3 is 2.42 bits per heavy atom. The normalized spacial score (nSPS) is 15.5. The van der Waals surface area contributed by atoms with Crippen LogP contribution in [0.3, 0.4) is 0 Å². The molecular weight excluding hydrogens is 362 g/mol. The SMILES string of the molecule is CC1=[N+](CCCCCCO)c2ccc3ccccc3c2C1(C)C.[Br-]. The quantitative estimate of drug-likeness (QED) is 0.590. The number of aliphatic hydroxyl groups excluding tert-OH is 1. The first kappa shape index (κ1) is 19.1. The van der Waals surface area contributed by atoms with E-state index in [1.165, 1.54) is 40.6 Å². The highest BCUT2D eigenvalue weighted by molar-refractivity contribution is 6.01. The number of nitrogens with zero attached hydrogens (tertiary/aromatic N) is 1. The summed E-state index contributed by atoms with van der Waals surface area (Å²) in [6, 6.07) is 13.3. The van der Waals surface area contributed by atoms with Gasteiger partial charge in [0.05, 0.1) is 5.41 Å². The van der Waals surface area contributed by atoms with E-state index in [-0.39, 0.29) is 22.4 Å². The van der Waals surface area contributed by atoms with E-state index in [1.807, 2.05) is 0 Å². The Bertz CT molecular complexity index is 749. The van der Waals surface area contributed by atoms with E-state index in [1.54, 1.807) is 0 Å². The lowest BCUT2D eigenvalue weighted by atomic mass is 9.80. The highest BCUT2D eigenvalue weighted by Crippen LogP contribution is 2.43. The van der Waals surface area contributed by atoms with Gasteiger partial charge in [-0.2, -0.15) is 4.58 Å². The first-order chi connectivity index (χ1) is 11.1. The van der Waals surface area contributed by atoms with Gasteiger partial charge in [0.2, 0.25) is 5.69 Å². The molecule has 0 saturated heterocycles. The summed E-state index contributed by atoms with van der Waals surface area (Å²) in [5.74, 6) is 0. The van der Waals surface area contributed by atoms with E-state index in [0.717, 1.165) is 19.4 Å². The molecule has 0 amide bonds. The van der Waals surface area contributed by atoms with Gasteiger partial charge in [-0.15, -0.1) is 0 Å². The predicted octanol–water partition coefficient (Wildman–Crippen LogP) is 1.79. The number of hydrogen-bond donors (Lipinski definition) is 1. The van der Waals surface area contributed by atoms with Gasteiger partial charge in [-0.1, -0.05) is 30.7 Å². The van der Waals surface area contributed by atoms with Crippen molar-refractivity contribution >= 4 is 22.2 Å². The van der Waals surface area contributed by atoms with E-state index in [0.29, 0.717) is 6.61 Å². The van der Waals surface area contributed by atoms with Crippen LogP contribution < -0.4 is 17.0 Å². The third-order valence-electron chi connectivity index (χ3n) is 5.42. The van der Waals surface area contributed by atoms with Crippen LogP contribution in [0.4, 0.5) is 5.69 Å². The van der Waals surface area contributed by atoms with Crippen molar-refractivity contribution in [3.8, 4) is 0 Å². The molecule has 0 saturated carbocycles. The van der Waals surface area contributed by atoms with Crippen LogP contribution in [0.5, 0.6) is 0 Å². The molecule has 2 aromatic rings. The van der Waals surface area contributed by atoms with Gasteiger partial charge < -0.3 is 22.1 Å². The van der Waals surface area contributed by atoms with Gasteiger partial charge >= 0.3 is 0 Å². The van der Waals surface area contributed by atoms with Crippen molar-refractivity contribution in [3.63, 3.8) is 0 Å². The Balaban J connectivity index is 0.00000208. The van der Waals surface area contributed by atoms with Crippen LogP contribution in [0.2, 0.25) is 0 Å². The van der Waals surface area contributed by atoms with Crippen LogP contribution >= 0.6 is 0 Å². The minimum atomic E-state index is 0. The summed E-state index contributed by atoms with van der Waals surface area (Å²) in [7, 11) is 0. The second kappa shape index (κ2) is 7.79. The fraction of sp³-hybridized carbons (Fsp3) is 0.476. The molecular formula is C21H28BrNO. The topological polar surface area (TPSA) is 23.2 Å². The third-order valence-corrected chi connectivity index (χ3v) is 5.42. The highest BCUT2D eigenvalue weighted by Gasteiger charge is 2.43. The molecule has 1 aliphatic rings. The summed E-state index contributed by atoms with van der Waals surface area (Å²) in [5.41, 5.74) is 4.39. The van der Waals surface area contributed by atoms with Crippen LogP contribution in [0.1, 0.15) is 52.0 Å². The number of fused-ring (bicyclic) bond motifs is 3. The molecule has 0 aromatic heterocycles. The summed E-state index contributed by atoms with van der Waals surface area (Å²) < 4.78 is 2.51. The monoisotopic (exact) mass is 389 g/mol. The zero-order valence-electron chi connectivity index (χ0n) is 15.0. The minimum Gasteiger partial charge on any atom is -1.00 e. The van der Waals surface area contributed by atoms with Gasteiger partial charge in [0, 0.05) is 31.6 Å². The number of rotatable bonds is 6. The van der Waals surface area contributed by atoms with Gasteiger partial charge in [0.15, 0.2) is 5.71 Å². The molecule has 0 radical (unpaired) electrons. The van der Waals surface area contributed by atoms with Crippen molar-refractivity contribution in [3.05, 3.63) is 42.0 Å². The Labute approximate surface area is 156 Å². The number of benzene rings is 2. The third kappa shape index (κ3) is 3.29. The molecule has 1 N–H and O–H groups in total. The van der Waals surface area contributed by atoms with Crippen molar-refractivity contribution in [1.82, 2.24) is 0 Å². The van der Waals surface area contributed by atoms with E-state index < -0.39 is 0 Å². The second-order valence-electron chi connectivity index (χ2n) is 7.18. The van der Waals surface area contributed by atoms with Gasteiger partial charge in [0.25, 0.3) is 0 Å². The van der Waals surface area contributed by atoms with Crippen LogP contribution in [-0.2, 0) is 5.41 Å². The van der Waals surface area contributed by atoms with Crippen molar-refractivity contribution in [2.75, 3.05) is 13.2 Å². The lowest BCUT2D eigenvalue weighted by molar-refractivity contribution is -0.439. The molecule has 3 heteroatoms. The maximum atomic E-state index is 8.90. The van der Waals surface area contributed by atoms with Gasteiger partial charge in [-0.05, 0) is 43.5 Å². The highest BCUT2D eigenvalue weighted by atomic mass is 79.9. The number of hydrogen-bond acceptors (Lipinski definition) is 1. The molecule has 3 rings (SSSR count). The fourth-order valence-electron chi connectivity index (χ4n) is 3.86. The smallest absolute Gasteiger partial charge is 0.210 e. The van der Waals surface area contributed by atoms with Crippen molar-refractivity contribution in [1.29, 1.82) is 0 Å². The largest absolute Gasteiger partial charge is 1.00 e. The number of unbranched alkanes of at least 4 members (excludes halogenated alkanes) is 3. The Morgan fingerprint density at radius 2 is 1.67 bits per heavy atom. The molecule has 2 aromatic carbocycles. The molecule has 24 heavy (non-hydrogen) atoms. The lowest BCUT2D eigenvalue weighted by Crippen LogP contribution is -3.00. The molecule has 2 nitrogen and oxygen atoms in total. The number of halogens is 1. The maximum Gasteiger partial charge on any atom is 0.210 e. The zero-order chi connectivity index (χ0) is 16.4. The summed E-state index contributed by atoms with van der Waals surface area (Å²) in [5, 5.41) is 11.6. The molecule has 1 aliphatic heterocycles. The first-order valence-electron chi connectivity index (χ1n) is 8.82. The van der Waals surface area contributed by atoms with Gasteiger partial charge in [0.1, 0.15) is 6.54 Å². The molecule has 130 valence electrons. The van der Waals surface area contributed by atoms with Crippen molar-refractivity contribution in [2.24, 2.45) is 0 Å². The van der Waals surface area contributed by atoms with Crippen LogP contribution in [0, 0.1) is 0 Å². The Morgan fingerprint density at radius 1 is 0.958 bits per heavy atom. The predicted molar refractivity (Wildman–Crippen MR) is 98.0 cm³/mol. The van der Waals surface area contributed by atoms with Crippen LogP contribution in [0.25, 0.3) is 10.8 Å².